The third-order valence-corrected chi connectivity index (χ3v) is 4.26. The van der Waals surface area contributed by atoms with Crippen molar-refractivity contribution < 1.29 is 5.11 Å². The van der Waals surface area contributed by atoms with Gasteiger partial charge in [0.15, 0.2) is 0 Å². The van der Waals surface area contributed by atoms with Gasteiger partial charge in [-0.3, -0.25) is 4.90 Å². The first kappa shape index (κ1) is 12.6. The van der Waals surface area contributed by atoms with Crippen LogP contribution in [-0.4, -0.2) is 35.2 Å². The third-order valence-electron chi connectivity index (χ3n) is 4.26. The highest BCUT2D eigenvalue weighted by Gasteiger charge is 2.42. The minimum absolute atomic E-state index is 0.262. The van der Waals surface area contributed by atoms with Gasteiger partial charge in [-0.15, -0.1) is 0 Å². The van der Waals surface area contributed by atoms with E-state index in [9.17, 15) is 5.11 Å². The maximum absolute atomic E-state index is 9.96. The molecule has 0 aromatic rings. The average Bonchev–Trinajstić information content (AvgIpc) is 2.21. The average molecular weight is 234 g/mol. The molecule has 0 radical (unpaired) electrons. The van der Waals surface area contributed by atoms with Crippen LogP contribution in [0.15, 0.2) is 11.6 Å². The van der Waals surface area contributed by atoms with Gasteiger partial charge in [0.1, 0.15) is 5.60 Å². The van der Waals surface area contributed by atoms with Gasteiger partial charge in [0.2, 0.25) is 0 Å². The molecule has 2 rings (SSSR count). The zero-order chi connectivity index (χ0) is 12.5. The topological polar surface area (TPSA) is 47.3 Å². The Bertz CT molecular complexity index is 350. The van der Waals surface area contributed by atoms with Crippen molar-refractivity contribution in [2.45, 2.75) is 38.7 Å². The highest BCUT2D eigenvalue weighted by atomic mass is 16.3. The molecule has 94 valence electrons. The summed E-state index contributed by atoms with van der Waals surface area (Å²) in [6.07, 6.45) is 5.10. The molecule has 17 heavy (non-hydrogen) atoms. The molecular formula is C14H22N2O. The standard InChI is InChI=1S/C14H22N2O/c1-11-4-3-5-12(2)13(11)8-16-9-14(17,10-16)6-7-15/h4,12-13,17H,3,5-6,8-10H2,1-2H3/t12-,13+/m0/s1. The molecule has 1 aliphatic heterocycles. The maximum Gasteiger partial charge on any atom is 0.103 e. The second-order valence-electron chi connectivity index (χ2n) is 5.84. The minimum Gasteiger partial charge on any atom is -0.386 e. The predicted octanol–water partition coefficient (Wildman–Crippen LogP) is 1.94. The molecule has 1 saturated heterocycles. The Labute approximate surface area is 104 Å². The Morgan fingerprint density at radius 1 is 1.59 bits per heavy atom. The van der Waals surface area contributed by atoms with Crippen LogP contribution in [0.5, 0.6) is 0 Å². The van der Waals surface area contributed by atoms with Gasteiger partial charge in [0.25, 0.3) is 0 Å². The fourth-order valence-corrected chi connectivity index (χ4v) is 3.15. The van der Waals surface area contributed by atoms with Gasteiger partial charge in [-0.25, -0.2) is 0 Å². The number of nitriles is 1. The second kappa shape index (κ2) is 4.80. The third kappa shape index (κ3) is 2.70. The first-order chi connectivity index (χ1) is 8.04. The van der Waals surface area contributed by atoms with E-state index >= 15 is 0 Å². The molecule has 0 spiro atoms. The lowest BCUT2D eigenvalue weighted by molar-refractivity contribution is -0.0992. The van der Waals surface area contributed by atoms with Crippen molar-refractivity contribution in [2.75, 3.05) is 19.6 Å². The number of hydrogen-bond donors (Lipinski definition) is 1. The Hall–Kier alpha value is -0.850. The van der Waals surface area contributed by atoms with Crippen molar-refractivity contribution in [2.24, 2.45) is 11.8 Å². The Morgan fingerprint density at radius 2 is 2.29 bits per heavy atom. The van der Waals surface area contributed by atoms with Crippen LogP contribution in [0.25, 0.3) is 0 Å². The van der Waals surface area contributed by atoms with E-state index in [0.717, 1.165) is 12.5 Å². The lowest BCUT2D eigenvalue weighted by Crippen LogP contribution is -2.62. The predicted molar refractivity (Wildman–Crippen MR) is 67.3 cm³/mol. The van der Waals surface area contributed by atoms with Crippen molar-refractivity contribution >= 4 is 0 Å². The van der Waals surface area contributed by atoms with Gasteiger partial charge in [-0.2, -0.15) is 5.26 Å². The van der Waals surface area contributed by atoms with Crippen molar-refractivity contribution in [1.82, 2.24) is 4.90 Å². The number of allylic oxidation sites excluding steroid dienone is 1. The molecule has 1 N–H and O–H groups in total. The first-order valence-corrected chi connectivity index (χ1v) is 6.52. The number of β-amino-alcohol motifs (C(OH)–C–C–N with tert-alkyl or cyclic N) is 1. The normalized spacial score (nSPS) is 32.5. The summed E-state index contributed by atoms with van der Waals surface area (Å²) in [5.41, 5.74) is 0.768. The summed E-state index contributed by atoms with van der Waals surface area (Å²) < 4.78 is 0. The first-order valence-electron chi connectivity index (χ1n) is 6.52. The van der Waals surface area contributed by atoms with Crippen LogP contribution in [0, 0.1) is 23.2 Å². The monoisotopic (exact) mass is 234 g/mol. The minimum atomic E-state index is -0.732. The molecule has 0 aromatic carbocycles. The number of rotatable bonds is 3. The molecule has 2 aliphatic rings. The molecule has 3 heteroatoms. The van der Waals surface area contributed by atoms with Crippen molar-refractivity contribution in [1.29, 1.82) is 5.26 Å². The van der Waals surface area contributed by atoms with Crippen LogP contribution in [0.3, 0.4) is 0 Å². The van der Waals surface area contributed by atoms with Crippen LogP contribution in [0.4, 0.5) is 0 Å². The van der Waals surface area contributed by atoms with Gasteiger partial charge in [-0.05, 0) is 31.6 Å². The van der Waals surface area contributed by atoms with Crippen LogP contribution in [0.2, 0.25) is 0 Å². The van der Waals surface area contributed by atoms with E-state index in [1.165, 1.54) is 18.4 Å². The van der Waals surface area contributed by atoms with Crippen molar-refractivity contribution in [3.63, 3.8) is 0 Å². The molecule has 0 saturated carbocycles. The van der Waals surface area contributed by atoms with Crippen LogP contribution >= 0.6 is 0 Å². The van der Waals surface area contributed by atoms with E-state index < -0.39 is 5.60 Å². The molecule has 1 heterocycles. The number of aliphatic hydroxyl groups is 1. The molecule has 0 amide bonds. The fourth-order valence-electron chi connectivity index (χ4n) is 3.15. The Balaban J connectivity index is 1.86. The van der Waals surface area contributed by atoms with Crippen LogP contribution in [-0.2, 0) is 0 Å². The van der Waals surface area contributed by atoms with Crippen LogP contribution in [0.1, 0.15) is 33.1 Å². The summed E-state index contributed by atoms with van der Waals surface area (Å²) in [5.74, 6) is 1.38. The number of likely N-dealkylation sites (tertiary alicyclic amines) is 1. The molecule has 2 atom stereocenters. The van der Waals surface area contributed by atoms with Gasteiger partial charge < -0.3 is 5.11 Å². The molecule has 0 aromatic heterocycles. The van der Waals surface area contributed by atoms with Gasteiger partial charge in [-0.1, -0.05) is 18.6 Å². The summed E-state index contributed by atoms with van der Waals surface area (Å²) in [6, 6.07) is 2.06. The quantitative estimate of drug-likeness (QED) is 0.759. The summed E-state index contributed by atoms with van der Waals surface area (Å²) in [6.45, 7) is 6.91. The smallest absolute Gasteiger partial charge is 0.103 e. The van der Waals surface area contributed by atoms with Gasteiger partial charge in [0, 0.05) is 19.6 Å². The summed E-state index contributed by atoms with van der Waals surface area (Å²) in [4.78, 5) is 2.28. The van der Waals surface area contributed by atoms with Gasteiger partial charge >= 0.3 is 0 Å². The number of hydrogen-bond acceptors (Lipinski definition) is 3. The second-order valence-corrected chi connectivity index (χ2v) is 5.84. The molecule has 1 fully saturated rings. The molecule has 0 bridgehead atoms. The lowest BCUT2D eigenvalue weighted by atomic mass is 9.78. The van der Waals surface area contributed by atoms with E-state index in [0.29, 0.717) is 19.0 Å². The highest BCUT2D eigenvalue weighted by Crippen LogP contribution is 2.33. The molecule has 1 aliphatic carbocycles. The van der Waals surface area contributed by atoms with Crippen molar-refractivity contribution in [3.05, 3.63) is 11.6 Å². The Kier molecular flexibility index (Phi) is 3.56. The highest BCUT2D eigenvalue weighted by molar-refractivity contribution is 5.11. The molecular weight excluding hydrogens is 212 g/mol. The van der Waals surface area contributed by atoms with E-state index in [1.807, 2.05) is 0 Å². The zero-order valence-electron chi connectivity index (χ0n) is 10.8. The summed E-state index contributed by atoms with van der Waals surface area (Å²) in [5, 5.41) is 18.6. The number of nitrogens with zero attached hydrogens (tertiary/aromatic N) is 2. The zero-order valence-corrected chi connectivity index (χ0v) is 10.8. The maximum atomic E-state index is 9.96. The van der Waals surface area contributed by atoms with Crippen molar-refractivity contribution in [3.8, 4) is 6.07 Å². The van der Waals surface area contributed by atoms with E-state index in [2.05, 4.69) is 30.9 Å². The van der Waals surface area contributed by atoms with E-state index in [-0.39, 0.29) is 6.42 Å². The van der Waals surface area contributed by atoms with E-state index in [1.54, 1.807) is 0 Å². The van der Waals surface area contributed by atoms with Crippen LogP contribution < -0.4 is 0 Å². The van der Waals surface area contributed by atoms with Gasteiger partial charge in [0.05, 0.1) is 12.5 Å². The fraction of sp³-hybridized carbons (Fsp3) is 0.786. The summed E-state index contributed by atoms with van der Waals surface area (Å²) in [7, 11) is 0. The molecule has 3 nitrogen and oxygen atoms in total. The lowest BCUT2D eigenvalue weighted by Gasteiger charge is -2.47. The SMILES string of the molecule is CC1=CCC[C@H](C)[C@@H]1CN1CC(O)(CC#N)C1. The Morgan fingerprint density at radius 3 is 2.88 bits per heavy atom. The largest absolute Gasteiger partial charge is 0.386 e. The summed E-state index contributed by atoms with van der Waals surface area (Å²) >= 11 is 0. The van der Waals surface area contributed by atoms with E-state index in [4.69, 9.17) is 5.26 Å². The molecule has 0 unspecified atom stereocenters.